The van der Waals surface area contributed by atoms with Gasteiger partial charge in [0.1, 0.15) is 18.4 Å². The molecule has 4 aromatic rings. The number of tetrazole rings is 2. The summed E-state index contributed by atoms with van der Waals surface area (Å²) in [5.74, 6) is 0.920. The second-order valence-electron chi connectivity index (χ2n) is 7.28. The van der Waals surface area contributed by atoms with Crippen LogP contribution in [0.3, 0.4) is 0 Å². The SMILES string of the molecule is COc1cc(-c2nnn[nH]2)ccc1C1C(C(=O)OCc2ccccc2)=C(C)Nc2nnnn21. The first kappa shape index (κ1) is 20.3. The number of allylic oxidation sites excluding steroid dienone is 1. The van der Waals surface area contributed by atoms with Gasteiger partial charge in [0.15, 0.2) is 5.82 Å². The number of nitrogens with one attached hydrogen (secondary N) is 2. The highest BCUT2D eigenvalue weighted by Crippen LogP contribution is 2.40. The van der Waals surface area contributed by atoms with Crippen molar-refractivity contribution in [3.63, 3.8) is 0 Å². The molecule has 1 atom stereocenters. The van der Waals surface area contributed by atoms with Crippen LogP contribution >= 0.6 is 0 Å². The van der Waals surface area contributed by atoms with Crippen LogP contribution in [-0.4, -0.2) is 53.9 Å². The van der Waals surface area contributed by atoms with Crippen molar-refractivity contribution in [2.45, 2.75) is 19.6 Å². The molecule has 33 heavy (non-hydrogen) atoms. The fourth-order valence-electron chi connectivity index (χ4n) is 3.73. The number of hydrogen-bond donors (Lipinski definition) is 2. The third-order valence-electron chi connectivity index (χ3n) is 5.29. The van der Waals surface area contributed by atoms with Gasteiger partial charge in [0.25, 0.3) is 0 Å². The number of anilines is 1. The second-order valence-corrected chi connectivity index (χ2v) is 7.28. The Balaban J connectivity index is 1.54. The van der Waals surface area contributed by atoms with E-state index in [-0.39, 0.29) is 6.61 Å². The van der Waals surface area contributed by atoms with E-state index in [9.17, 15) is 4.79 Å². The number of carbonyl (C=O) groups is 1. The molecule has 0 spiro atoms. The first-order valence-electron chi connectivity index (χ1n) is 10.0. The van der Waals surface area contributed by atoms with Gasteiger partial charge in [-0.15, -0.1) is 5.10 Å². The Labute approximate surface area is 187 Å². The summed E-state index contributed by atoms with van der Waals surface area (Å²) in [6.07, 6.45) is 0. The molecule has 1 aliphatic heterocycles. The number of esters is 1. The third kappa shape index (κ3) is 3.78. The molecule has 166 valence electrons. The summed E-state index contributed by atoms with van der Waals surface area (Å²) in [7, 11) is 1.55. The van der Waals surface area contributed by atoms with Crippen molar-refractivity contribution in [2.24, 2.45) is 0 Å². The lowest BCUT2D eigenvalue weighted by Gasteiger charge is -2.28. The summed E-state index contributed by atoms with van der Waals surface area (Å²) in [4.78, 5) is 13.3. The molecule has 0 amide bonds. The summed E-state index contributed by atoms with van der Waals surface area (Å²) >= 11 is 0. The molecular weight excluding hydrogens is 426 g/mol. The maximum atomic E-state index is 13.3. The third-order valence-corrected chi connectivity index (χ3v) is 5.29. The van der Waals surface area contributed by atoms with Crippen molar-refractivity contribution in [3.05, 3.63) is 70.9 Å². The van der Waals surface area contributed by atoms with Crippen LogP contribution in [0.4, 0.5) is 5.95 Å². The van der Waals surface area contributed by atoms with Crippen molar-refractivity contribution in [2.75, 3.05) is 12.4 Å². The zero-order valence-electron chi connectivity index (χ0n) is 17.8. The van der Waals surface area contributed by atoms with Gasteiger partial charge in [0, 0.05) is 16.8 Å². The fourth-order valence-corrected chi connectivity index (χ4v) is 3.73. The number of aromatic nitrogens is 8. The van der Waals surface area contributed by atoms with Crippen LogP contribution in [0.1, 0.15) is 24.1 Å². The van der Waals surface area contributed by atoms with Crippen LogP contribution in [0, 0.1) is 0 Å². The quantitative estimate of drug-likeness (QED) is 0.422. The Morgan fingerprint density at radius 3 is 2.73 bits per heavy atom. The van der Waals surface area contributed by atoms with Gasteiger partial charge in [0.2, 0.25) is 5.95 Å². The van der Waals surface area contributed by atoms with E-state index in [0.29, 0.717) is 34.4 Å². The van der Waals surface area contributed by atoms with Crippen molar-refractivity contribution < 1.29 is 14.3 Å². The van der Waals surface area contributed by atoms with E-state index in [1.54, 1.807) is 20.1 Å². The van der Waals surface area contributed by atoms with Gasteiger partial charge >= 0.3 is 5.97 Å². The minimum Gasteiger partial charge on any atom is -0.496 e. The number of hydrogen-bond acceptors (Lipinski definition) is 10. The van der Waals surface area contributed by atoms with E-state index < -0.39 is 12.0 Å². The predicted octanol–water partition coefficient (Wildman–Crippen LogP) is 1.89. The summed E-state index contributed by atoms with van der Waals surface area (Å²) in [5, 5.41) is 28.8. The lowest BCUT2D eigenvalue weighted by molar-refractivity contribution is -0.140. The molecule has 5 rings (SSSR count). The van der Waals surface area contributed by atoms with Gasteiger partial charge in [-0.1, -0.05) is 47.6 Å². The molecule has 0 saturated heterocycles. The lowest BCUT2D eigenvalue weighted by atomic mass is 9.94. The smallest absolute Gasteiger partial charge is 0.338 e. The molecule has 0 saturated carbocycles. The predicted molar refractivity (Wildman–Crippen MR) is 115 cm³/mol. The average Bonchev–Trinajstić information content (AvgIpc) is 3.54. The topological polar surface area (TPSA) is 146 Å². The Kier molecular flexibility index (Phi) is 5.23. The highest BCUT2D eigenvalue weighted by molar-refractivity contribution is 5.92. The second kappa shape index (κ2) is 8.49. The summed E-state index contributed by atoms with van der Waals surface area (Å²) in [5.41, 5.74) is 3.24. The fraction of sp³-hybridized carbons (Fsp3) is 0.190. The number of methoxy groups -OCH3 is 1. The number of carbonyl (C=O) groups excluding carboxylic acids is 1. The van der Waals surface area contributed by atoms with E-state index in [2.05, 4.69) is 41.5 Å². The van der Waals surface area contributed by atoms with Crippen molar-refractivity contribution in [1.82, 2.24) is 40.8 Å². The van der Waals surface area contributed by atoms with Crippen LogP contribution < -0.4 is 10.1 Å². The van der Waals surface area contributed by atoms with E-state index in [1.165, 1.54) is 4.68 Å². The number of ether oxygens (including phenoxy) is 2. The Bertz CT molecular complexity index is 1320. The molecular formula is C21H19N9O3. The van der Waals surface area contributed by atoms with Crippen LogP contribution in [0.15, 0.2) is 59.8 Å². The Morgan fingerprint density at radius 1 is 1.12 bits per heavy atom. The molecule has 1 unspecified atom stereocenters. The van der Waals surface area contributed by atoms with Gasteiger partial charge < -0.3 is 14.8 Å². The Morgan fingerprint density at radius 2 is 1.97 bits per heavy atom. The normalized spacial score (nSPS) is 15.0. The van der Waals surface area contributed by atoms with Crippen LogP contribution in [0.5, 0.6) is 5.75 Å². The van der Waals surface area contributed by atoms with Gasteiger partial charge in [-0.2, -0.15) is 4.68 Å². The zero-order valence-corrected chi connectivity index (χ0v) is 17.8. The van der Waals surface area contributed by atoms with Crippen LogP contribution in [-0.2, 0) is 16.1 Å². The minimum atomic E-state index is -0.670. The van der Waals surface area contributed by atoms with Gasteiger partial charge in [-0.05, 0) is 39.4 Å². The number of nitrogens with zero attached hydrogens (tertiary/aromatic N) is 7. The molecule has 0 radical (unpaired) electrons. The van der Waals surface area contributed by atoms with Crippen LogP contribution in [0.25, 0.3) is 11.4 Å². The first-order chi connectivity index (χ1) is 16.2. The largest absolute Gasteiger partial charge is 0.496 e. The molecule has 12 nitrogen and oxygen atoms in total. The highest BCUT2D eigenvalue weighted by atomic mass is 16.5. The molecule has 0 bridgehead atoms. The zero-order chi connectivity index (χ0) is 22.8. The lowest BCUT2D eigenvalue weighted by Crippen LogP contribution is -2.30. The standard InChI is InChI=1S/C21H19N9O3/c1-12-17(20(31)33-11-13-6-4-3-5-7-13)18(30-21(22-12)25-28-29-30)15-9-8-14(10-16(15)32-2)19-23-26-27-24-19/h3-10,18H,11H2,1-2H3,(H,22,25,29)(H,23,24,26,27). The summed E-state index contributed by atoms with van der Waals surface area (Å²) < 4.78 is 12.8. The first-order valence-corrected chi connectivity index (χ1v) is 10.0. The number of H-pyrrole nitrogens is 1. The van der Waals surface area contributed by atoms with E-state index in [0.717, 1.165) is 11.1 Å². The van der Waals surface area contributed by atoms with Gasteiger partial charge in [0.05, 0.1) is 12.7 Å². The molecule has 0 aliphatic carbocycles. The number of fused-ring (bicyclic) bond motifs is 1. The number of aromatic amines is 1. The maximum absolute atomic E-state index is 13.3. The van der Waals surface area contributed by atoms with E-state index in [4.69, 9.17) is 9.47 Å². The minimum absolute atomic E-state index is 0.139. The average molecular weight is 445 g/mol. The van der Waals surface area contributed by atoms with Gasteiger partial charge in [-0.3, -0.25) is 0 Å². The number of benzene rings is 2. The van der Waals surface area contributed by atoms with Crippen molar-refractivity contribution in [1.29, 1.82) is 0 Å². The summed E-state index contributed by atoms with van der Waals surface area (Å²) in [6.45, 7) is 1.92. The maximum Gasteiger partial charge on any atom is 0.338 e. The van der Waals surface area contributed by atoms with Crippen LogP contribution in [0.2, 0.25) is 0 Å². The molecule has 1 aliphatic rings. The molecule has 0 fully saturated rings. The van der Waals surface area contributed by atoms with E-state index >= 15 is 0 Å². The molecule has 3 heterocycles. The highest BCUT2D eigenvalue weighted by Gasteiger charge is 2.36. The summed E-state index contributed by atoms with van der Waals surface area (Å²) in [6, 6.07) is 14.2. The number of rotatable bonds is 6. The van der Waals surface area contributed by atoms with Crippen molar-refractivity contribution in [3.8, 4) is 17.1 Å². The Hall–Kier alpha value is -4.61. The van der Waals surface area contributed by atoms with E-state index in [1.807, 2.05) is 42.5 Å². The van der Waals surface area contributed by atoms with Crippen molar-refractivity contribution >= 4 is 11.9 Å². The molecule has 12 heteroatoms. The van der Waals surface area contributed by atoms with Gasteiger partial charge in [-0.25, -0.2) is 9.89 Å². The monoisotopic (exact) mass is 445 g/mol. The molecule has 2 N–H and O–H groups in total. The molecule has 2 aromatic heterocycles. The molecule has 2 aromatic carbocycles.